The summed E-state index contributed by atoms with van der Waals surface area (Å²) in [5, 5.41) is 2.19. The first kappa shape index (κ1) is 29.7. The van der Waals surface area contributed by atoms with Crippen LogP contribution in [0.2, 0.25) is 0 Å². The summed E-state index contributed by atoms with van der Waals surface area (Å²) in [5.41, 5.74) is 0.715. The van der Waals surface area contributed by atoms with Gasteiger partial charge < -0.3 is 10.2 Å². The number of rotatable bonds is 7. The lowest BCUT2D eigenvalue weighted by Gasteiger charge is -2.42. The predicted molar refractivity (Wildman–Crippen MR) is 149 cm³/mol. The van der Waals surface area contributed by atoms with E-state index < -0.39 is 35.2 Å². The molecular weight excluding hydrogens is 553 g/mol. The summed E-state index contributed by atoms with van der Waals surface area (Å²) in [6.45, 7) is 2.11. The summed E-state index contributed by atoms with van der Waals surface area (Å²) >= 11 is 0. The van der Waals surface area contributed by atoms with Gasteiger partial charge in [-0.15, -0.1) is 0 Å². The molecule has 0 aromatic heterocycles. The molecule has 2 heterocycles. The number of carbonyl (C=O) groups excluding carboxylic acids is 2. The lowest BCUT2D eigenvalue weighted by Crippen LogP contribution is -2.53. The molecule has 0 bridgehead atoms. The van der Waals surface area contributed by atoms with Gasteiger partial charge >= 0.3 is 6.18 Å². The van der Waals surface area contributed by atoms with Crippen molar-refractivity contribution >= 4 is 17.5 Å². The normalized spacial score (nSPS) is 18.5. The Morgan fingerprint density at radius 2 is 1.43 bits per heavy atom. The predicted octanol–water partition coefficient (Wildman–Crippen LogP) is 6.44. The fourth-order valence-electron chi connectivity index (χ4n) is 5.91. The maximum atomic E-state index is 14.1. The first-order valence-electron chi connectivity index (χ1n) is 14.1. The van der Waals surface area contributed by atoms with E-state index >= 15 is 0 Å². The molecule has 2 saturated heterocycles. The molecule has 2 aliphatic heterocycles. The molecule has 0 radical (unpaired) electrons. The van der Waals surface area contributed by atoms with Crippen molar-refractivity contribution in [3.8, 4) is 0 Å². The first-order valence-corrected chi connectivity index (χ1v) is 14.1. The van der Waals surface area contributed by atoms with Crippen LogP contribution in [0.3, 0.4) is 0 Å². The van der Waals surface area contributed by atoms with Crippen LogP contribution in [-0.2, 0) is 21.5 Å². The van der Waals surface area contributed by atoms with Gasteiger partial charge in [0, 0.05) is 25.2 Å². The number of likely N-dealkylation sites (tertiary alicyclic amines) is 1. The third-order valence-corrected chi connectivity index (χ3v) is 8.32. The monoisotopic (exact) mass is 585 g/mol. The zero-order chi connectivity index (χ0) is 29.9. The molecule has 10 heteroatoms. The molecule has 1 N–H and O–H groups in total. The molecule has 2 amide bonds. The second kappa shape index (κ2) is 12.2. The zero-order valence-corrected chi connectivity index (χ0v) is 23.0. The molecule has 0 saturated carbocycles. The lowest BCUT2D eigenvalue weighted by molar-refractivity contribution is -0.165. The highest BCUT2D eigenvalue weighted by Gasteiger charge is 2.48. The van der Waals surface area contributed by atoms with E-state index in [1.807, 2.05) is 24.3 Å². The first-order chi connectivity index (χ1) is 20.0. The molecule has 2 fully saturated rings. The van der Waals surface area contributed by atoms with Crippen LogP contribution >= 0.6 is 0 Å². The van der Waals surface area contributed by atoms with Gasteiger partial charge in [-0.3, -0.25) is 14.5 Å². The van der Waals surface area contributed by atoms with Crippen molar-refractivity contribution in [3.63, 3.8) is 0 Å². The number of carbonyl (C=O) groups is 2. The van der Waals surface area contributed by atoms with Crippen molar-refractivity contribution in [3.05, 3.63) is 101 Å². The van der Waals surface area contributed by atoms with Gasteiger partial charge in [0.2, 0.25) is 11.8 Å². The van der Waals surface area contributed by atoms with E-state index in [0.29, 0.717) is 38.2 Å². The van der Waals surface area contributed by atoms with E-state index in [1.54, 1.807) is 4.90 Å². The average Bonchev–Trinajstić information content (AvgIpc) is 2.97. The fraction of sp³-hybridized carbons (Fsp3) is 0.375. The number of amides is 2. The highest BCUT2D eigenvalue weighted by Crippen LogP contribution is 2.39. The fourth-order valence-corrected chi connectivity index (χ4v) is 5.91. The van der Waals surface area contributed by atoms with Crippen LogP contribution < -0.4 is 10.2 Å². The number of nitrogens with zero attached hydrogens (tertiary/aromatic N) is 2. The Bertz CT molecular complexity index is 1380. The van der Waals surface area contributed by atoms with Crippen molar-refractivity contribution in [2.75, 3.05) is 24.5 Å². The summed E-state index contributed by atoms with van der Waals surface area (Å²) in [6, 6.07) is 14.6. The van der Waals surface area contributed by atoms with Gasteiger partial charge in [0.15, 0.2) is 6.04 Å². The summed E-state index contributed by atoms with van der Waals surface area (Å²) in [6.07, 6.45) is -1.95. The molecule has 0 aliphatic carbocycles. The number of alkyl halides is 3. The molecule has 0 spiro atoms. The van der Waals surface area contributed by atoms with Crippen LogP contribution in [0.5, 0.6) is 0 Å². The second-order valence-electron chi connectivity index (χ2n) is 11.0. The number of hydrogen-bond acceptors (Lipinski definition) is 3. The summed E-state index contributed by atoms with van der Waals surface area (Å²) in [5.74, 6) is -1.89. The molecule has 3 aromatic rings. The smallest absolute Gasteiger partial charge is 0.340 e. The Morgan fingerprint density at radius 1 is 0.833 bits per heavy atom. The van der Waals surface area contributed by atoms with Gasteiger partial charge in [0.1, 0.15) is 11.6 Å². The van der Waals surface area contributed by atoms with E-state index in [4.69, 9.17) is 0 Å². The minimum absolute atomic E-state index is 0.118. The Hall–Kier alpha value is -3.79. The Labute approximate surface area is 241 Å². The van der Waals surface area contributed by atoms with Gasteiger partial charge in [-0.2, -0.15) is 13.2 Å². The maximum Gasteiger partial charge on any atom is 0.412 e. The number of piperidine rings is 2. The number of hydrogen-bond donors (Lipinski definition) is 1. The molecular formula is C32H32F5N3O2. The summed E-state index contributed by atoms with van der Waals surface area (Å²) in [7, 11) is 0. The highest BCUT2D eigenvalue weighted by atomic mass is 19.4. The second-order valence-corrected chi connectivity index (χ2v) is 11.0. The highest BCUT2D eigenvalue weighted by molar-refractivity contribution is 5.94. The topological polar surface area (TPSA) is 52.7 Å². The molecule has 5 nitrogen and oxygen atoms in total. The van der Waals surface area contributed by atoms with Gasteiger partial charge in [-0.05, 0) is 91.9 Å². The average molecular weight is 586 g/mol. The van der Waals surface area contributed by atoms with Gasteiger partial charge in [-0.1, -0.05) is 36.4 Å². The Kier molecular flexibility index (Phi) is 8.63. The molecule has 1 atom stereocenters. The van der Waals surface area contributed by atoms with E-state index in [9.17, 15) is 31.5 Å². The van der Waals surface area contributed by atoms with Crippen LogP contribution in [0.1, 0.15) is 54.8 Å². The molecule has 42 heavy (non-hydrogen) atoms. The van der Waals surface area contributed by atoms with Crippen LogP contribution in [0.25, 0.3) is 0 Å². The van der Waals surface area contributed by atoms with Crippen molar-refractivity contribution in [1.29, 1.82) is 0 Å². The third-order valence-electron chi connectivity index (χ3n) is 8.32. The van der Waals surface area contributed by atoms with Crippen molar-refractivity contribution in [1.82, 2.24) is 10.2 Å². The standard InChI is InChI=1S/C32H32F5N3O2/c33-25-10-6-23(7-11-25)29(32(35,36)37)38-30(42)31(24-8-12-26(34)13-9-24)16-19-39(20-17-31)21-22-4-14-27(15-5-22)40-18-2-1-3-28(40)41/h4-15,29H,1-3,16-21H2,(H,38,42). The third kappa shape index (κ3) is 6.48. The SMILES string of the molecule is O=C1CCCCN1c1ccc(CN2CCC(C(=O)NC(c3ccc(F)cc3)C(F)(F)F)(c3ccc(F)cc3)CC2)cc1. The van der Waals surface area contributed by atoms with Crippen molar-refractivity contribution in [2.45, 2.75) is 56.3 Å². The Balaban J connectivity index is 1.32. The zero-order valence-electron chi connectivity index (χ0n) is 23.0. The number of nitrogens with one attached hydrogen (secondary N) is 1. The molecule has 3 aromatic carbocycles. The molecule has 5 rings (SSSR count). The number of benzene rings is 3. The van der Waals surface area contributed by atoms with Crippen molar-refractivity contribution in [2.24, 2.45) is 0 Å². The van der Waals surface area contributed by atoms with Crippen LogP contribution in [0.15, 0.2) is 72.8 Å². The lowest BCUT2D eigenvalue weighted by atomic mass is 9.71. The van der Waals surface area contributed by atoms with E-state index in [-0.39, 0.29) is 24.3 Å². The summed E-state index contributed by atoms with van der Waals surface area (Å²) < 4.78 is 69.5. The molecule has 222 valence electrons. The van der Waals surface area contributed by atoms with Crippen LogP contribution in [0, 0.1) is 11.6 Å². The maximum absolute atomic E-state index is 14.1. The largest absolute Gasteiger partial charge is 0.412 e. The molecule has 2 aliphatic rings. The summed E-state index contributed by atoms with van der Waals surface area (Å²) in [4.78, 5) is 29.9. The molecule has 1 unspecified atom stereocenters. The Morgan fingerprint density at radius 3 is 2.00 bits per heavy atom. The van der Waals surface area contributed by atoms with Gasteiger partial charge in [-0.25, -0.2) is 8.78 Å². The quantitative estimate of drug-likeness (QED) is 0.325. The van der Waals surface area contributed by atoms with Crippen molar-refractivity contribution < 1.29 is 31.5 Å². The van der Waals surface area contributed by atoms with Gasteiger partial charge in [0.05, 0.1) is 5.41 Å². The van der Waals surface area contributed by atoms with E-state index in [2.05, 4.69) is 10.2 Å². The van der Waals surface area contributed by atoms with Crippen LogP contribution in [0.4, 0.5) is 27.6 Å². The van der Waals surface area contributed by atoms with E-state index in [1.165, 1.54) is 24.3 Å². The van der Waals surface area contributed by atoms with Gasteiger partial charge in [0.25, 0.3) is 0 Å². The van der Waals surface area contributed by atoms with E-state index in [0.717, 1.165) is 48.4 Å². The van der Waals surface area contributed by atoms with Crippen LogP contribution in [-0.4, -0.2) is 42.5 Å². The minimum Gasteiger partial charge on any atom is -0.340 e. The number of anilines is 1. The minimum atomic E-state index is -4.82. The number of halogens is 5.